The van der Waals surface area contributed by atoms with Gasteiger partial charge in [0.1, 0.15) is 0 Å². The van der Waals surface area contributed by atoms with E-state index < -0.39 is 10.0 Å². The molecule has 0 unspecified atom stereocenters. The van der Waals surface area contributed by atoms with E-state index in [2.05, 4.69) is 10.0 Å². The Morgan fingerprint density at radius 3 is 2.05 bits per heavy atom. The van der Waals surface area contributed by atoms with Gasteiger partial charge in [0, 0.05) is 11.4 Å². The minimum absolute atomic E-state index is 0.132. The molecule has 0 radical (unpaired) electrons. The number of hydrogen-bond acceptors (Lipinski definition) is 3. The lowest BCUT2D eigenvalue weighted by Crippen LogP contribution is -2.12. The molecular formula is C13H12N2O3S. The molecule has 0 aliphatic heterocycles. The second-order valence-corrected chi connectivity index (χ2v) is 5.44. The number of anilines is 2. The zero-order valence-corrected chi connectivity index (χ0v) is 10.7. The minimum Gasteiger partial charge on any atom is -0.329 e. The highest BCUT2D eigenvalue weighted by molar-refractivity contribution is 7.92. The number of hydrogen-bond donors (Lipinski definition) is 2. The molecule has 5 nitrogen and oxygen atoms in total. The summed E-state index contributed by atoms with van der Waals surface area (Å²) in [5.41, 5.74) is 1.03. The molecule has 98 valence electrons. The Kier molecular flexibility index (Phi) is 3.82. The Morgan fingerprint density at radius 1 is 0.842 bits per heavy atom. The maximum atomic E-state index is 12.1. The van der Waals surface area contributed by atoms with Gasteiger partial charge >= 0.3 is 0 Å². The Hall–Kier alpha value is -2.34. The van der Waals surface area contributed by atoms with Crippen molar-refractivity contribution in [3.05, 3.63) is 54.6 Å². The molecule has 0 aliphatic carbocycles. The number of amides is 1. The van der Waals surface area contributed by atoms with E-state index in [1.165, 1.54) is 24.3 Å². The minimum atomic E-state index is -3.61. The highest BCUT2D eigenvalue weighted by Gasteiger charge is 2.13. The quantitative estimate of drug-likeness (QED) is 0.821. The number of nitrogens with one attached hydrogen (secondary N) is 2. The van der Waals surface area contributed by atoms with Gasteiger partial charge in [-0.3, -0.25) is 9.52 Å². The second-order valence-electron chi connectivity index (χ2n) is 3.76. The topological polar surface area (TPSA) is 75.3 Å². The molecule has 19 heavy (non-hydrogen) atoms. The van der Waals surface area contributed by atoms with Crippen LogP contribution in [-0.4, -0.2) is 14.8 Å². The largest absolute Gasteiger partial charge is 0.329 e. The molecule has 0 spiro atoms. The van der Waals surface area contributed by atoms with E-state index >= 15 is 0 Å². The van der Waals surface area contributed by atoms with Crippen LogP contribution in [0, 0.1) is 0 Å². The van der Waals surface area contributed by atoms with Crippen LogP contribution in [0.1, 0.15) is 0 Å². The van der Waals surface area contributed by atoms with Crippen molar-refractivity contribution in [2.45, 2.75) is 4.90 Å². The lowest BCUT2D eigenvalue weighted by Gasteiger charge is -2.08. The molecule has 6 heteroatoms. The maximum absolute atomic E-state index is 12.1. The number of carbonyl (C=O) groups is 1. The third kappa shape index (κ3) is 3.32. The summed E-state index contributed by atoms with van der Waals surface area (Å²) in [5, 5.41) is 2.44. The van der Waals surface area contributed by atoms with E-state index in [0.717, 1.165) is 0 Å². The zero-order chi connectivity index (χ0) is 13.7. The van der Waals surface area contributed by atoms with Gasteiger partial charge in [-0.2, -0.15) is 0 Å². The number of carbonyl (C=O) groups excluding carboxylic acids is 1. The molecule has 2 N–H and O–H groups in total. The molecule has 0 fully saturated rings. The summed E-state index contributed by atoms with van der Waals surface area (Å²) in [6, 6.07) is 14.5. The van der Waals surface area contributed by atoms with E-state index in [-0.39, 0.29) is 4.90 Å². The Morgan fingerprint density at radius 2 is 1.47 bits per heavy atom. The van der Waals surface area contributed by atoms with Gasteiger partial charge in [-0.25, -0.2) is 8.42 Å². The van der Waals surface area contributed by atoms with Crippen molar-refractivity contribution in [3.63, 3.8) is 0 Å². The fraction of sp³-hybridized carbons (Fsp3) is 0. The molecule has 0 saturated carbocycles. The van der Waals surface area contributed by atoms with Crippen molar-refractivity contribution in [2.24, 2.45) is 0 Å². The molecule has 2 aromatic carbocycles. The van der Waals surface area contributed by atoms with Crippen LogP contribution in [-0.2, 0) is 14.8 Å². The van der Waals surface area contributed by atoms with Gasteiger partial charge in [-0.15, -0.1) is 0 Å². The molecule has 0 atom stereocenters. The molecule has 0 heterocycles. The Bertz CT molecular complexity index is 652. The molecule has 0 aromatic heterocycles. The number of sulfonamides is 1. The van der Waals surface area contributed by atoms with Crippen molar-refractivity contribution < 1.29 is 13.2 Å². The highest BCUT2D eigenvalue weighted by Crippen LogP contribution is 2.17. The van der Waals surface area contributed by atoms with Crippen LogP contribution in [0.3, 0.4) is 0 Å². The summed E-state index contributed by atoms with van der Waals surface area (Å²) in [7, 11) is -3.61. The Labute approximate surface area is 111 Å². The summed E-state index contributed by atoms with van der Waals surface area (Å²) in [6.45, 7) is 0. The van der Waals surface area contributed by atoms with Crippen LogP contribution < -0.4 is 10.0 Å². The predicted molar refractivity (Wildman–Crippen MR) is 73.4 cm³/mol. The van der Waals surface area contributed by atoms with Gasteiger partial charge in [-0.05, 0) is 36.4 Å². The number of rotatable bonds is 5. The van der Waals surface area contributed by atoms with Crippen LogP contribution in [0.25, 0.3) is 0 Å². The average molecular weight is 276 g/mol. The summed E-state index contributed by atoms with van der Waals surface area (Å²) >= 11 is 0. The summed E-state index contributed by atoms with van der Waals surface area (Å²) < 4.78 is 26.6. The first-order valence-corrected chi connectivity index (χ1v) is 6.98. The maximum Gasteiger partial charge on any atom is 0.261 e. The fourth-order valence-corrected chi connectivity index (χ4v) is 2.58. The third-order valence-electron chi connectivity index (χ3n) is 2.42. The van der Waals surface area contributed by atoms with E-state index in [1.807, 2.05) is 0 Å². The van der Waals surface area contributed by atoms with Gasteiger partial charge in [0.15, 0.2) is 0 Å². The van der Waals surface area contributed by atoms with Crippen LogP contribution >= 0.6 is 0 Å². The smallest absolute Gasteiger partial charge is 0.261 e. The van der Waals surface area contributed by atoms with Gasteiger partial charge in [-0.1, -0.05) is 18.2 Å². The lowest BCUT2D eigenvalue weighted by atomic mass is 10.3. The molecule has 1 amide bonds. The van der Waals surface area contributed by atoms with E-state index in [4.69, 9.17) is 0 Å². The molecule has 0 saturated heterocycles. The van der Waals surface area contributed by atoms with Gasteiger partial charge in [0.25, 0.3) is 10.0 Å². The molecular weight excluding hydrogens is 264 g/mol. The predicted octanol–water partition coefficient (Wildman–Crippen LogP) is 2.06. The molecule has 2 aromatic rings. The fourth-order valence-electron chi connectivity index (χ4n) is 1.52. The molecule has 0 bridgehead atoms. The van der Waals surface area contributed by atoms with Crippen molar-refractivity contribution in [3.8, 4) is 0 Å². The van der Waals surface area contributed by atoms with Crippen molar-refractivity contribution >= 4 is 27.8 Å². The van der Waals surface area contributed by atoms with Crippen LogP contribution in [0.5, 0.6) is 0 Å². The summed E-state index contributed by atoms with van der Waals surface area (Å²) in [5.74, 6) is 0. The lowest BCUT2D eigenvalue weighted by molar-refractivity contribution is -0.105. The third-order valence-corrected chi connectivity index (χ3v) is 3.81. The van der Waals surface area contributed by atoms with E-state index in [0.29, 0.717) is 17.8 Å². The van der Waals surface area contributed by atoms with Gasteiger partial charge < -0.3 is 5.32 Å². The summed E-state index contributed by atoms with van der Waals surface area (Å²) in [4.78, 5) is 10.4. The average Bonchev–Trinajstić information content (AvgIpc) is 2.40. The Balaban J connectivity index is 2.22. The first-order valence-electron chi connectivity index (χ1n) is 5.50. The van der Waals surface area contributed by atoms with Crippen molar-refractivity contribution in [1.82, 2.24) is 0 Å². The number of benzene rings is 2. The van der Waals surface area contributed by atoms with Crippen LogP contribution in [0.2, 0.25) is 0 Å². The monoisotopic (exact) mass is 276 g/mol. The van der Waals surface area contributed by atoms with Crippen molar-refractivity contribution in [1.29, 1.82) is 0 Å². The van der Waals surface area contributed by atoms with Gasteiger partial charge in [0.2, 0.25) is 6.41 Å². The molecule has 0 aliphatic rings. The summed E-state index contributed by atoms with van der Waals surface area (Å²) in [6.07, 6.45) is 0.533. The van der Waals surface area contributed by atoms with Gasteiger partial charge in [0.05, 0.1) is 4.90 Å². The van der Waals surface area contributed by atoms with Crippen LogP contribution in [0.4, 0.5) is 11.4 Å². The first-order chi connectivity index (χ1) is 9.12. The highest BCUT2D eigenvalue weighted by atomic mass is 32.2. The zero-order valence-electron chi connectivity index (χ0n) is 9.91. The van der Waals surface area contributed by atoms with Crippen molar-refractivity contribution in [2.75, 3.05) is 10.0 Å². The number of para-hydroxylation sites is 1. The van der Waals surface area contributed by atoms with Crippen LogP contribution in [0.15, 0.2) is 59.5 Å². The standard InChI is InChI=1S/C13H12N2O3S/c16-10-14-11-6-8-13(9-7-11)19(17,18)15-12-4-2-1-3-5-12/h1-10,15H,(H,14,16). The first kappa shape index (κ1) is 13.1. The second kappa shape index (κ2) is 5.53. The normalized spacial score (nSPS) is 10.7. The van der Waals surface area contributed by atoms with E-state index in [1.54, 1.807) is 30.3 Å². The van der Waals surface area contributed by atoms with E-state index in [9.17, 15) is 13.2 Å². The SMILES string of the molecule is O=CNc1ccc(S(=O)(=O)Nc2ccccc2)cc1. The molecule has 2 rings (SSSR count).